The van der Waals surface area contributed by atoms with Crippen LogP contribution in [0.25, 0.3) is 0 Å². The zero-order valence-corrected chi connectivity index (χ0v) is 11.4. The van der Waals surface area contributed by atoms with Crippen molar-refractivity contribution in [3.8, 4) is 0 Å². The predicted molar refractivity (Wildman–Crippen MR) is 74.1 cm³/mol. The summed E-state index contributed by atoms with van der Waals surface area (Å²) in [6.45, 7) is 6.82. The molecule has 1 aromatic rings. The van der Waals surface area contributed by atoms with Gasteiger partial charge in [0.05, 0.1) is 0 Å². The van der Waals surface area contributed by atoms with Crippen molar-refractivity contribution >= 4 is 0 Å². The molecule has 1 heteroatoms. The Morgan fingerprint density at radius 3 is 2.53 bits per heavy atom. The number of nitrogens with one attached hydrogen (secondary N) is 1. The molecule has 0 radical (unpaired) electrons. The number of hydrogen-bond donors (Lipinski definition) is 1. The second-order valence-corrected chi connectivity index (χ2v) is 5.76. The van der Waals surface area contributed by atoms with Gasteiger partial charge in [0.25, 0.3) is 0 Å². The van der Waals surface area contributed by atoms with Crippen LogP contribution in [0.3, 0.4) is 0 Å². The van der Waals surface area contributed by atoms with E-state index in [1.54, 1.807) is 0 Å². The van der Waals surface area contributed by atoms with Crippen LogP contribution < -0.4 is 5.32 Å². The van der Waals surface area contributed by atoms with E-state index in [1.807, 2.05) is 0 Å². The average molecular weight is 231 g/mol. The summed E-state index contributed by atoms with van der Waals surface area (Å²) >= 11 is 0. The molecule has 0 bridgehead atoms. The van der Waals surface area contributed by atoms with Crippen LogP contribution in [0.1, 0.15) is 56.7 Å². The summed E-state index contributed by atoms with van der Waals surface area (Å²) in [5, 5.41) is 3.78. The Morgan fingerprint density at radius 1 is 1.18 bits per heavy atom. The second kappa shape index (κ2) is 5.68. The van der Waals surface area contributed by atoms with Crippen LogP contribution in [-0.4, -0.2) is 6.04 Å². The van der Waals surface area contributed by atoms with Crippen molar-refractivity contribution in [2.75, 3.05) is 0 Å². The van der Waals surface area contributed by atoms with E-state index in [9.17, 15) is 0 Å². The fraction of sp³-hybridized carbons (Fsp3) is 0.625. The van der Waals surface area contributed by atoms with Gasteiger partial charge in [-0.2, -0.15) is 0 Å². The van der Waals surface area contributed by atoms with E-state index in [2.05, 4.69) is 50.4 Å². The minimum atomic E-state index is 0.480. The van der Waals surface area contributed by atoms with Gasteiger partial charge in [-0.05, 0) is 51.0 Å². The third-order valence-electron chi connectivity index (χ3n) is 4.04. The molecule has 0 amide bonds. The molecule has 0 spiro atoms. The van der Waals surface area contributed by atoms with Gasteiger partial charge in [0, 0.05) is 12.1 Å². The van der Waals surface area contributed by atoms with Crippen LogP contribution in [0, 0.1) is 12.8 Å². The zero-order valence-electron chi connectivity index (χ0n) is 11.4. The van der Waals surface area contributed by atoms with Crippen LogP contribution in [0.2, 0.25) is 0 Å². The molecule has 1 aliphatic rings. The van der Waals surface area contributed by atoms with E-state index in [0.29, 0.717) is 6.04 Å². The highest BCUT2D eigenvalue weighted by atomic mass is 14.9. The van der Waals surface area contributed by atoms with Crippen LogP contribution >= 0.6 is 0 Å². The first-order valence-corrected chi connectivity index (χ1v) is 6.98. The van der Waals surface area contributed by atoms with Gasteiger partial charge in [0.15, 0.2) is 0 Å². The van der Waals surface area contributed by atoms with E-state index < -0.39 is 0 Å². The molecular formula is C16H25N. The number of benzene rings is 1. The summed E-state index contributed by atoms with van der Waals surface area (Å²) in [6.07, 6.45) is 5.46. The first-order valence-electron chi connectivity index (χ1n) is 6.98. The van der Waals surface area contributed by atoms with Crippen molar-refractivity contribution in [1.82, 2.24) is 5.32 Å². The largest absolute Gasteiger partial charge is 0.307 e. The maximum atomic E-state index is 3.78. The predicted octanol–water partition coefficient (Wildman–Crippen LogP) is 4.22. The van der Waals surface area contributed by atoms with Gasteiger partial charge in [0.2, 0.25) is 0 Å². The summed E-state index contributed by atoms with van der Waals surface area (Å²) in [4.78, 5) is 0. The Morgan fingerprint density at radius 2 is 1.88 bits per heavy atom. The molecular weight excluding hydrogens is 206 g/mol. The lowest BCUT2D eigenvalue weighted by atomic mass is 9.87. The Hall–Kier alpha value is -0.820. The van der Waals surface area contributed by atoms with Gasteiger partial charge >= 0.3 is 0 Å². The van der Waals surface area contributed by atoms with Crippen molar-refractivity contribution in [2.24, 2.45) is 5.92 Å². The van der Waals surface area contributed by atoms with Gasteiger partial charge in [0.1, 0.15) is 0 Å². The standard InChI is InChI=1S/C16H25N/c1-12-7-9-16(10-8-12)17-14(3)15-6-4-5-13(2)11-15/h4-6,11-12,14,16-17H,7-10H2,1-3H3/t12?,14-,16?/m0/s1. The molecule has 0 unspecified atom stereocenters. The molecule has 1 aromatic carbocycles. The van der Waals surface area contributed by atoms with Crippen molar-refractivity contribution in [1.29, 1.82) is 0 Å². The van der Waals surface area contributed by atoms with Gasteiger partial charge in [-0.25, -0.2) is 0 Å². The molecule has 1 atom stereocenters. The van der Waals surface area contributed by atoms with Gasteiger partial charge in [-0.1, -0.05) is 36.8 Å². The van der Waals surface area contributed by atoms with Crippen molar-refractivity contribution in [3.63, 3.8) is 0 Å². The Kier molecular flexibility index (Phi) is 4.22. The van der Waals surface area contributed by atoms with Crippen LogP contribution in [-0.2, 0) is 0 Å². The molecule has 17 heavy (non-hydrogen) atoms. The van der Waals surface area contributed by atoms with E-state index in [-0.39, 0.29) is 0 Å². The van der Waals surface area contributed by atoms with Gasteiger partial charge < -0.3 is 5.32 Å². The van der Waals surface area contributed by atoms with Crippen molar-refractivity contribution < 1.29 is 0 Å². The summed E-state index contributed by atoms with van der Waals surface area (Å²) in [5.41, 5.74) is 2.78. The van der Waals surface area contributed by atoms with Crippen molar-refractivity contribution in [2.45, 2.75) is 58.5 Å². The fourth-order valence-electron chi connectivity index (χ4n) is 2.82. The van der Waals surface area contributed by atoms with E-state index in [4.69, 9.17) is 0 Å². The summed E-state index contributed by atoms with van der Waals surface area (Å²) in [5.74, 6) is 0.933. The highest BCUT2D eigenvalue weighted by Crippen LogP contribution is 2.25. The highest BCUT2D eigenvalue weighted by molar-refractivity contribution is 5.24. The lowest BCUT2D eigenvalue weighted by molar-refractivity contribution is 0.291. The fourth-order valence-corrected chi connectivity index (χ4v) is 2.82. The maximum Gasteiger partial charge on any atom is 0.0294 e. The monoisotopic (exact) mass is 231 g/mol. The van der Waals surface area contributed by atoms with Crippen LogP contribution in [0.4, 0.5) is 0 Å². The Labute approximate surface area is 106 Å². The smallest absolute Gasteiger partial charge is 0.0294 e. The third-order valence-corrected chi connectivity index (χ3v) is 4.04. The van der Waals surface area contributed by atoms with Crippen LogP contribution in [0.5, 0.6) is 0 Å². The summed E-state index contributed by atoms with van der Waals surface area (Å²) < 4.78 is 0. The van der Waals surface area contributed by atoms with Crippen LogP contribution in [0.15, 0.2) is 24.3 Å². The molecule has 1 nitrogen and oxygen atoms in total. The number of aryl methyl sites for hydroxylation is 1. The van der Waals surface area contributed by atoms with Crippen molar-refractivity contribution in [3.05, 3.63) is 35.4 Å². The molecule has 1 fully saturated rings. The number of rotatable bonds is 3. The molecule has 0 aromatic heterocycles. The average Bonchev–Trinajstić information content (AvgIpc) is 2.32. The SMILES string of the molecule is Cc1cccc([C@H](C)NC2CCC(C)CC2)c1. The number of hydrogen-bond acceptors (Lipinski definition) is 1. The highest BCUT2D eigenvalue weighted by Gasteiger charge is 2.19. The molecule has 0 heterocycles. The molecule has 0 saturated heterocycles. The van der Waals surface area contributed by atoms with E-state index >= 15 is 0 Å². The Bertz CT molecular complexity index is 350. The van der Waals surface area contributed by atoms with E-state index in [1.165, 1.54) is 36.8 Å². The third kappa shape index (κ3) is 3.57. The quantitative estimate of drug-likeness (QED) is 0.821. The molecule has 2 rings (SSSR count). The second-order valence-electron chi connectivity index (χ2n) is 5.76. The first-order chi connectivity index (χ1) is 8.15. The molecule has 1 saturated carbocycles. The molecule has 1 N–H and O–H groups in total. The molecule has 1 aliphatic carbocycles. The molecule has 0 aliphatic heterocycles. The summed E-state index contributed by atoms with van der Waals surface area (Å²) in [7, 11) is 0. The normalized spacial score (nSPS) is 26.8. The zero-order chi connectivity index (χ0) is 12.3. The lowest BCUT2D eigenvalue weighted by Crippen LogP contribution is -2.34. The van der Waals surface area contributed by atoms with Gasteiger partial charge in [-0.3, -0.25) is 0 Å². The van der Waals surface area contributed by atoms with E-state index in [0.717, 1.165) is 12.0 Å². The maximum absolute atomic E-state index is 3.78. The minimum Gasteiger partial charge on any atom is -0.307 e. The van der Waals surface area contributed by atoms with Gasteiger partial charge in [-0.15, -0.1) is 0 Å². The lowest BCUT2D eigenvalue weighted by Gasteiger charge is -2.30. The Balaban J connectivity index is 1.90. The first kappa shape index (κ1) is 12.6. The molecule has 94 valence electrons. The summed E-state index contributed by atoms with van der Waals surface area (Å²) in [6, 6.07) is 10.1. The topological polar surface area (TPSA) is 12.0 Å². The minimum absolute atomic E-state index is 0.480.